The second-order valence-electron chi connectivity index (χ2n) is 4.93. The van der Waals surface area contributed by atoms with E-state index in [1.165, 1.54) is 11.6 Å². The van der Waals surface area contributed by atoms with Crippen molar-refractivity contribution < 1.29 is 9.90 Å². The van der Waals surface area contributed by atoms with Crippen LogP contribution in [0.2, 0.25) is 5.02 Å². The van der Waals surface area contributed by atoms with E-state index in [0.717, 1.165) is 18.4 Å². The molecule has 0 radical (unpaired) electrons. The van der Waals surface area contributed by atoms with E-state index in [1.54, 1.807) is 18.2 Å². The van der Waals surface area contributed by atoms with Gasteiger partial charge in [0.05, 0.1) is 11.6 Å². The molecular formula is C16H14ClNO2. The average molecular weight is 288 g/mol. The van der Waals surface area contributed by atoms with Crippen LogP contribution in [0, 0.1) is 0 Å². The third-order valence-electron chi connectivity index (χ3n) is 3.64. The summed E-state index contributed by atoms with van der Waals surface area (Å²) in [6.07, 6.45) is 1.78. The van der Waals surface area contributed by atoms with E-state index >= 15 is 0 Å². The van der Waals surface area contributed by atoms with Crippen molar-refractivity contribution in [3.05, 3.63) is 64.2 Å². The molecule has 0 aliphatic heterocycles. The standard InChI is InChI=1S/C16H14ClNO2/c17-11-7-5-10-6-8-14(13(10)9-11)18-16(20)12-3-1-2-4-15(12)19/h1-5,7,9,14,19H,6,8H2,(H,18,20)/t14-/m1/s1. The number of benzene rings is 2. The Balaban J connectivity index is 1.82. The molecule has 0 aromatic heterocycles. The number of aromatic hydroxyl groups is 1. The van der Waals surface area contributed by atoms with E-state index in [4.69, 9.17) is 11.6 Å². The first kappa shape index (κ1) is 13.0. The first-order chi connectivity index (χ1) is 9.65. The summed E-state index contributed by atoms with van der Waals surface area (Å²) < 4.78 is 0. The van der Waals surface area contributed by atoms with Crippen molar-refractivity contribution >= 4 is 17.5 Å². The molecule has 102 valence electrons. The summed E-state index contributed by atoms with van der Waals surface area (Å²) in [5.41, 5.74) is 2.58. The van der Waals surface area contributed by atoms with E-state index in [0.29, 0.717) is 10.6 Å². The van der Waals surface area contributed by atoms with Gasteiger partial charge in [-0.05, 0) is 48.2 Å². The molecule has 20 heavy (non-hydrogen) atoms. The van der Waals surface area contributed by atoms with E-state index in [9.17, 15) is 9.90 Å². The summed E-state index contributed by atoms with van der Waals surface area (Å²) in [4.78, 5) is 12.2. The van der Waals surface area contributed by atoms with E-state index < -0.39 is 0 Å². The van der Waals surface area contributed by atoms with Crippen molar-refractivity contribution in [1.82, 2.24) is 5.32 Å². The number of phenols is 1. The Hall–Kier alpha value is -2.00. The van der Waals surface area contributed by atoms with Gasteiger partial charge in [-0.15, -0.1) is 0 Å². The Morgan fingerprint density at radius 1 is 1.25 bits per heavy atom. The first-order valence-corrected chi connectivity index (χ1v) is 6.90. The highest BCUT2D eigenvalue weighted by Crippen LogP contribution is 2.33. The van der Waals surface area contributed by atoms with Gasteiger partial charge in [0, 0.05) is 5.02 Å². The number of carbonyl (C=O) groups is 1. The predicted molar refractivity (Wildman–Crippen MR) is 78.1 cm³/mol. The van der Waals surface area contributed by atoms with Crippen molar-refractivity contribution in [1.29, 1.82) is 0 Å². The molecule has 2 aromatic rings. The third-order valence-corrected chi connectivity index (χ3v) is 3.87. The number of hydrogen-bond donors (Lipinski definition) is 2. The summed E-state index contributed by atoms with van der Waals surface area (Å²) >= 11 is 6.01. The maximum atomic E-state index is 12.2. The minimum absolute atomic E-state index is 0.00526. The van der Waals surface area contributed by atoms with Crippen LogP contribution < -0.4 is 5.32 Å². The molecule has 1 atom stereocenters. The summed E-state index contributed by atoms with van der Waals surface area (Å²) in [7, 11) is 0. The van der Waals surface area contributed by atoms with Crippen LogP contribution in [0.3, 0.4) is 0 Å². The number of nitrogens with one attached hydrogen (secondary N) is 1. The Labute approximate surface area is 122 Å². The number of fused-ring (bicyclic) bond motifs is 1. The summed E-state index contributed by atoms with van der Waals surface area (Å²) in [5, 5.41) is 13.3. The Morgan fingerprint density at radius 3 is 2.85 bits per heavy atom. The maximum Gasteiger partial charge on any atom is 0.255 e. The van der Waals surface area contributed by atoms with Crippen LogP contribution in [0.25, 0.3) is 0 Å². The van der Waals surface area contributed by atoms with Crippen LogP contribution in [0.5, 0.6) is 5.75 Å². The quantitative estimate of drug-likeness (QED) is 0.888. The SMILES string of the molecule is O=C(N[C@@H]1CCc2ccc(Cl)cc21)c1ccccc1O. The second kappa shape index (κ2) is 5.17. The molecule has 0 bridgehead atoms. The number of halogens is 1. The summed E-state index contributed by atoms with van der Waals surface area (Å²) in [6, 6.07) is 12.3. The zero-order valence-electron chi connectivity index (χ0n) is 10.8. The highest BCUT2D eigenvalue weighted by molar-refractivity contribution is 6.30. The number of amides is 1. The minimum Gasteiger partial charge on any atom is -0.507 e. The lowest BCUT2D eigenvalue weighted by Crippen LogP contribution is -2.27. The highest BCUT2D eigenvalue weighted by atomic mass is 35.5. The van der Waals surface area contributed by atoms with Gasteiger partial charge >= 0.3 is 0 Å². The number of rotatable bonds is 2. The van der Waals surface area contributed by atoms with Gasteiger partial charge in [0.2, 0.25) is 0 Å². The summed E-state index contributed by atoms with van der Waals surface area (Å²) in [6.45, 7) is 0. The fraction of sp³-hybridized carbons (Fsp3) is 0.188. The molecule has 0 heterocycles. The molecule has 0 saturated carbocycles. The van der Waals surface area contributed by atoms with Gasteiger partial charge in [-0.25, -0.2) is 0 Å². The number of carbonyl (C=O) groups excluding carboxylic acids is 1. The summed E-state index contributed by atoms with van der Waals surface area (Å²) in [5.74, 6) is -0.268. The average Bonchev–Trinajstić information content (AvgIpc) is 2.82. The molecule has 0 spiro atoms. The lowest BCUT2D eigenvalue weighted by atomic mass is 10.1. The van der Waals surface area contributed by atoms with Crippen molar-refractivity contribution in [3.63, 3.8) is 0 Å². The van der Waals surface area contributed by atoms with Gasteiger partial charge in [0.25, 0.3) is 5.91 Å². The Morgan fingerprint density at radius 2 is 2.05 bits per heavy atom. The molecule has 1 amide bonds. The van der Waals surface area contributed by atoms with Crippen molar-refractivity contribution in [2.24, 2.45) is 0 Å². The van der Waals surface area contributed by atoms with Crippen LogP contribution in [0.1, 0.15) is 33.9 Å². The highest BCUT2D eigenvalue weighted by Gasteiger charge is 2.25. The van der Waals surface area contributed by atoms with Crippen molar-refractivity contribution in [2.45, 2.75) is 18.9 Å². The second-order valence-corrected chi connectivity index (χ2v) is 5.36. The molecule has 3 rings (SSSR count). The lowest BCUT2D eigenvalue weighted by Gasteiger charge is -2.15. The van der Waals surface area contributed by atoms with Gasteiger partial charge in [-0.3, -0.25) is 4.79 Å². The largest absolute Gasteiger partial charge is 0.507 e. The molecule has 3 nitrogen and oxygen atoms in total. The molecule has 2 aromatic carbocycles. The van der Waals surface area contributed by atoms with Gasteiger partial charge in [-0.1, -0.05) is 29.8 Å². The molecule has 1 aliphatic carbocycles. The minimum atomic E-state index is -0.263. The predicted octanol–water partition coefficient (Wildman–Crippen LogP) is 3.46. The zero-order valence-corrected chi connectivity index (χ0v) is 11.5. The topological polar surface area (TPSA) is 49.3 Å². The van der Waals surface area contributed by atoms with Gasteiger partial charge < -0.3 is 10.4 Å². The Bertz CT molecular complexity index is 669. The first-order valence-electron chi connectivity index (χ1n) is 6.52. The van der Waals surface area contributed by atoms with Crippen molar-refractivity contribution in [3.8, 4) is 5.75 Å². The number of aryl methyl sites for hydroxylation is 1. The zero-order chi connectivity index (χ0) is 14.1. The number of phenolic OH excluding ortho intramolecular Hbond substituents is 1. The fourth-order valence-corrected chi connectivity index (χ4v) is 2.81. The van der Waals surface area contributed by atoms with Crippen LogP contribution in [0.4, 0.5) is 0 Å². The number of hydrogen-bond acceptors (Lipinski definition) is 2. The van der Waals surface area contributed by atoms with Crippen LogP contribution in [-0.4, -0.2) is 11.0 Å². The molecule has 0 fully saturated rings. The van der Waals surface area contributed by atoms with Gasteiger partial charge in [-0.2, -0.15) is 0 Å². The maximum absolute atomic E-state index is 12.2. The fourth-order valence-electron chi connectivity index (χ4n) is 2.62. The van der Waals surface area contributed by atoms with E-state index in [1.807, 2.05) is 18.2 Å². The van der Waals surface area contributed by atoms with Crippen LogP contribution in [0.15, 0.2) is 42.5 Å². The normalized spacial score (nSPS) is 16.8. The smallest absolute Gasteiger partial charge is 0.255 e. The van der Waals surface area contributed by atoms with Crippen LogP contribution in [-0.2, 0) is 6.42 Å². The molecule has 0 saturated heterocycles. The molecular weight excluding hydrogens is 274 g/mol. The van der Waals surface area contributed by atoms with E-state index in [-0.39, 0.29) is 17.7 Å². The van der Waals surface area contributed by atoms with Gasteiger partial charge in [0.15, 0.2) is 0 Å². The molecule has 0 unspecified atom stereocenters. The number of para-hydroxylation sites is 1. The monoisotopic (exact) mass is 287 g/mol. The molecule has 2 N–H and O–H groups in total. The lowest BCUT2D eigenvalue weighted by molar-refractivity contribution is 0.0934. The molecule has 4 heteroatoms. The van der Waals surface area contributed by atoms with Crippen molar-refractivity contribution in [2.75, 3.05) is 0 Å². The van der Waals surface area contributed by atoms with Crippen LogP contribution >= 0.6 is 11.6 Å². The van der Waals surface area contributed by atoms with Gasteiger partial charge in [0.1, 0.15) is 5.75 Å². The molecule has 1 aliphatic rings. The Kier molecular flexibility index (Phi) is 3.36. The third kappa shape index (κ3) is 2.37. The van der Waals surface area contributed by atoms with E-state index in [2.05, 4.69) is 5.32 Å².